The van der Waals surface area contributed by atoms with Crippen molar-refractivity contribution in [2.75, 3.05) is 0 Å². The van der Waals surface area contributed by atoms with Gasteiger partial charge in [0.1, 0.15) is 0 Å². The standard InChI is InChI=1S/C20H20BO4/c1-19(2,24)20(3,4)25-21-12-9-10-14-13-7-5-6-8-15(13)17(22)18(23)16(14)11-12/h5-11,24H,1-4H3. The SMILES string of the molecule is CC(C)(O)C(C)(C)O[B]c1ccc2c(c1)C(=O)C(=O)c1ccccc1-2. The third-order valence-corrected chi connectivity index (χ3v) is 4.92. The molecule has 0 heterocycles. The molecule has 0 saturated heterocycles. The monoisotopic (exact) mass is 335 g/mol. The highest BCUT2D eigenvalue weighted by Gasteiger charge is 2.36. The zero-order chi connectivity index (χ0) is 18.4. The molecule has 1 N–H and O–H groups in total. The summed E-state index contributed by atoms with van der Waals surface area (Å²) in [6.45, 7) is 6.92. The summed E-state index contributed by atoms with van der Waals surface area (Å²) in [4.78, 5) is 24.8. The van der Waals surface area contributed by atoms with E-state index in [4.69, 9.17) is 4.65 Å². The van der Waals surface area contributed by atoms with Gasteiger partial charge in [-0.2, -0.15) is 0 Å². The Kier molecular flexibility index (Phi) is 4.17. The van der Waals surface area contributed by atoms with E-state index in [1.165, 1.54) is 7.48 Å². The van der Waals surface area contributed by atoms with Gasteiger partial charge in [0, 0.05) is 11.1 Å². The number of ketones is 2. The maximum Gasteiger partial charge on any atom is 0.330 e. The number of hydrogen-bond donors (Lipinski definition) is 1. The van der Waals surface area contributed by atoms with E-state index in [-0.39, 0.29) is 0 Å². The van der Waals surface area contributed by atoms with Crippen molar-refractivity contribution in [2.24, 2.45) is 0 Å². The van der Waals surface area contributed by atoms with Crippen LogP contribution in [0.4, 0.5) is 0 Å². The van der Waals surface area contributed by atoms with Crippen LogP contribution in [-0.2, 0) is 4.65 Å². The summed E-state index contributed by atoms with van der Waals surface area (Å²) in [6, 6.07) is 12.4. The normalized spacial score (nSPS) is 14.1. The predicted molar refractivity (Wildman–Crippen MR) is 97.4 cm³/mol. The van der Waals surface area contributed by atoms with Crippen LogP contribution in [0.3, 0.4) is 0 Å². The van der Waals surface area contributed by atoms with Gasteiger partial charge in [-0.1, -0.05) is 47.9 Å². The van der Waals surface area contributed by atoms with Crippen LogP contribution in [0.25, 0.3) is 11.1 Å². The summed E-state index contributed by atoms with van der Waals surface area (Å²) in [5.74, 6) is -0.997. The zero-order valence-corrected chi connectivity index (χ0v) is 14.8. The predicted octanol–water partition coefficient (Wildman–Crippen LogP) is 2.54. The second kappa shape index (κ2) is 5.93. The molecule has 25 heavy (non-hydrogen) atoms. The quantitative estimate of drug-likeness (QED) is 0.689. The van der Waals surface area contributed by atoms with Gasteiger partial charge in [0.05, 0.1) is 11.2 Å². The number of aliphatic hydroxyl groups is 1. The summed E-state index contributed by atoms with van der Waals surface area (Å²) in [7, 11) is 1.51. The molecule has 0 bridgehead atoms. The molecule has 0 spiro atoms. The molecule has 0 amide bonds. The number of rotatable bonds is 4. The molecule has 0 aromatic heterocycles. The Morgan fingerprint density at radius 1 is 0.840 bits per heavy atom. The Morgan fingerprint density at radius 3 is 2.04 bits per heavy atom. The molecule has 0 fully saturated rings. The molecule has 3 rings (SSSR count). The lowest BCUT2D eigenvalue weighted by Crippen LogP contribution is -2.49. The molecule has 1 aliphatic carbocycles. The first-order valence-corrected chi connectivity index (χ1v) is 8.18. The third-order valence-electron chi connectivity index (χ3n) is 4.92. The van der Waals surface area contributed by atoms with Crippen molar-refractivity contribution in [2.45, 2.75) is 38.9 Å². The summed E-state index contributed by atoms with van der Waals surface area (Å²) >= 11 is 0. The summed E-state index contributed by atoms with van der Waals surface area (Å²) in [5, 5.41) is 10.2. The molecule has 5 heteroatoms. The number of hydrogen-bond acceptors (Lipinski definition) is 4. The molecule has 0 aliphatic heterocycles. The van der Waals surface area contributed by atoms with Gasteiger partial charge in [-0.25, -0.2) is 0 Å². The van der Waals surface area contributed by atoms with Crippen molar-refractivity contribution in [3.8, 4) is 11.1 Å². The van der Waals surface area contributed by atoms with Gasteiger partial charge < -0.3 is 9.76 Å². The highest BCUT2D eigenvalue weighted by Crippen LogP contribution is 2.32. The van der Waals surface area contributed by atoms with E-state index >= 15 is 0 Å². The average molecular weight is 335 g/mol. The molecule has 4 nitrogen and oxygen atoms in total. The molecular formula is C20H20BO4. The van der Waals surface area contributed by atoms with E-state index in [0.29, 0.717) is 16.6 Å². The fraction of sp³-hybridized carbons (Fsp3) is 0.300. The van der Waals surface area contributed by atoms with Crippen LogP contribution < -0.4 is 5.46 Å². The second-order valence-electron chi connectivity index (χ2n) is 7.31. The molecule has 1 aliphatic rings. The minimum atomic E-state index is -1.04. The van der Waals surface area contributed by atoms with Crippen LogP contribution in [0.1, 0.15) is 48.4 Å². The van der Waals surface area contributed by atoms with Crippen LogP contribution >= 0.6 is 0 Å². The molecule has 2 aromatic rings. The van der Waals surface area contributed by atoms with Crippen LogP contribution in [0.15, 0.2) is 42.5 Å². The highest BCUT2D eigenvalue weighted by atomic mass is 16.5. The van der Waals surface area contributed by atoms with E-state index in [2.05, 4.69) is 0 Å². The number of Topliss-reactive ketones (excluding diaryl/α,β-unsaturated/α-hetero) is 2. The van der Waals surface area contributed by atoms with Gasteiger partial charge in [-0.3, -0.25) is 9.59 Å². The van der Waals surface area contributed by atoms with Crippen molar-refractivity contribution in [1.82, 2.24) is 0 Å². The van der Waals surface area contributed by atoms with Gasteiger partial charge in [0.2, 0.25) is 11.6 Å². The first kappa shape index (κ1) is 17.6. The molecular weight excluding hydrogens is 315 g/mol. The smallest absolute Gasteiger partial charge is 0.330 e. The Bertz CT molecular complexity index is 862. The van der Waals surface area contributed by atoms with Crippen LogP contribution in [0, 0.1) is 0 Å². The number of benzene rings is 2. The lowest BCUT2D eigenvalue weighted by molar-refractivity contribution is -0.0893. The summed E-state index contributed by atoms with van der Waals surface area (Å²) < 4.78 is 5.73. The Labute approximate surface area is 148 Å². The molecule has 0 atom stereocenters. The summed E-state index contributed by atoms with van der Waals surface area (Å²) in [5.41, 5.74) is 1.15. The maximum atomic E-state index is 12.4. The first-order valence-electron chi connectivity index (χ1n) is 8.18. The van der Waals surface area contributed by atoms with Gasteiger partial charge in [0.25, 0.3) is 0 Å². The van der Waals surface area contributed by atoms with Crippen molar-refractivity contribution >= 4 is 24.5 Å². The van der Waals surface area contributed by atoms with E-state index in [1.54, 1.807) is 45.9 Å². The van der Waals surface area contributed by atoms with Gasteiger partial charge >= 0.3 is 7.48 Å². The van der Waals surface area contributed by atoms with Crippen molar-refractivity contribution in [3.63, 3.8) is 0 Å². The zero-order valence-electron chi connectivity index (χ0n) is 14.8. The minimum absolute atomic E-state index is 0.377. The summed E-state index contributed by atoms with van der Waals surface area (Å²) in [6.07, 6.45) is 0. The fourth-order valence-corrected chi connectivity index (χ4v) is 2.58. The van der Waals surface area contributed by atoms with Gasteiger partial charge in [-0.15, -0.1) is 0 Å². The first-order chi connectivity index (χ1) is 11.6. The molecule has 1 radical (unpaired) electrons. The van der Waals surface area contributed by atoms with E-state index in [0.717, 1.165) is 11.1 Å². The molecule has 0 saturated carbocycles. The van der Waals surface area contributed by atoms with Crippen LogP contribution in [0.2, 0.25) is 0 Å². The Balaban J connectivity index is 1.94. The third kappa shape index (κ3) is 3.05. The molecule has 2 aromatic carbocycles. The largest absolute Gasteiger partial charge is 0.427 e. The topological polar surface area (TPSA) is 63.6 Å². The maximum absolute atomic E-state index is 12.4. The van der Waals surface area contributed by atoms with Gasteiger partial charge in [-0.05, 0) is 38.8 Å². The molecule has 127 valence electrons. The lowest BCUT2D eigenvalue weighted by Gasteiger charge is -2.37. The highest BCUT2D eigenvalue weighted by molar-refractivity contribution is 6.54. The number of carbonyl (C=O) groups excluding carboxylic acids is 2. The van der Waals surface area contributed by atoms with Gasteiger partial charge in [0.15, 0.2) is 0 Å². The van der Waals surface area contributed by atoms with Crippen molar-refractivity contribution < 1.29 is 19.3 Å². The lowest BCUT2D eigenvalue weighted by atomic mass is 9.77. The Morgan fingerprint density at radius 2 is 1.40 bits per heavy atom. The van der Waals surface area contributed by atoms with Crippen molar-refractivity contribution in [1.29, 1.82) is 0 Å². The van der Waals surface area contributed by atoms with E-state index < -0.39 is 22.8 Å². The number of carbonyl (C=O) groups is 2. The Hall–Kier alpha value is -2.24. The fourth-order valence-electron chi connectivity index (χ4n) is 2.58. The van der Waals surface area contributed by atoms with E-state index in [1.807, 2.05) is 24.3 Å². The second-order valence-corrected chi connectivity index (χ2v) is 7.31. The molecule has 0 unspecified atom stereocenters. The number of fused-ring (bicyclic) bond motifs is 3. The minimum Gasteiger partial charge on any atom is -0.427 e. The van der Waals surface area contributed by atoms with Crippen molar-refractivity contribution in [3.05, 3.63) is 53.6 Å². The van der Waals surface area contributed by atoms with Crippen LogP contribution in [0.5, 0.6) is 0 Å². The van der Waals surface area contributed by atoms with Crippen LogP contribution in [-0.4, -0.2) is 35.4 Å². The average Bonchev–Trinajstić information content (AvgIpc) is 2.57. The van der Waals surface area contributed by atoms with E-state index in [9.17, 15) is 14.7 Å².